The topological polar surface area (TPSA) is 107 Å². The number of aromatic nitrogens is 4. The lowest BCUT2D eigenvalue weighted by Crippen LogP contribution is -2.12. The van der Waals surface area contributed by atoms with E-state index >= 15 is 0 Å². The molecule has 2 aromatic rings. The normalized spacial score (nSPS) is 10.6. The fraction of sp³-hybridized carbons (Fsp3) is 0.143. The van der Waals surface area contributed by atoms with Crippen LogP contribution in [0, 0.1) is 0 Å². The molecule has 0 unspecified atom stereocenters. The lowest BCUT2D eigenvalue weighted by molar-refractivity contribution is -0.108. The lowest BCUT2D eigenvalue weighted by Gasteiger charge is -1.96. The number of aromatic amines is 1. The summed E-state index contributed by atoms with van der Waals surface area (Å²) < 4.78 is 1.45. The third kappa shape index (κ3) is 1.15. The van der Waals surface area contributed by atoms with Gasteiger partial charge in [-0.05, 0) is 0 Å². The van der Waals surface area contributed by atoms with Gasteiger partial charge in [-0.2, -0.15) is 4.98 Å². The van der Waals surface area contributed by atoms with Gasteiger partial charge in [0.25, 0.3) is 5.56 Å². The Bertz CT molecular complexity index is 540. The molecule has 0 aliphatic heterocycles. The zero-order chi connectivity index (χ0) is 10.1. The Morgan fingerprint density at radius 1 is 1.64 bits per heavy atom. The number of carbonyl (C=O) groups excluding carboxylic acids is 1. The van der Waals surface area contributed by atoms with Crippen LogP contribution >= 0.6 is 0 Å². The first-order chi connectivity index (χ1) is 6.72. The van der Waals surface area contributed by atoms with Crippen molar-refractivity contribution in [2.75, 3.05) is 5.73 Å². The minimum Gasteiger partial charge on any atom is -0.369 e. The van der Waals surface area contributed by atoms with Gasteiger partial charge >= 0.3 is 0 Å². The number of hydrogen-bond donors (Lipinski definition) is 2. The molecule has 0 saturated carbocycles. The maximum absolute atomic E-state index is 11.3. The second-order valence-electron chi connectivity index (χ2n) is 2.69. The molecule has 0 aliphatic rings. The van der Waals surface area contributed by atoms with E-state index in [2.05, 4.69) is 15.0 Å². The van der Waals surface area contributed by atoms with E-state index in [0.717, 1.165) is 0 Å². The summed E-state index contributed by atoms with van der Waals surface area (Å²) in [5.41, 5.74) is 5.45. The molecule has 2 aromatic heterocycles. The standard InChI is InChI=1S/C7H7N5O2/c8-7-10-5-4(6(14)11-7)9-3-12(5)1-2-13/h2-3H,1H2,(H3,8,10,11,14). The number of rotatable bonds is 2. The van der Waals surface area contributed by atoms with E-state index in [0.29, 0.717) is 11.9 Å². The van der Waals surface area contributed by atoms with Crippen molar-refractivity contribution < 1.29 is 4.79 Å². The van der Waals surface area contributed by atoms with Crippen LogP contribution in [0.1, 0.15) is 0 Å². The summed E-state index contributed by atoms with van der Waals surface area (Å²) in [6.45, 7) is 0.104. The smallest absolute Gasteiger partial charge is 0.280 e. The van der Waals surface area contributed by atoms with Crippen LogP contribution in [0.3, 0.4) is 0 Å². The summed E-state index contributed by atoms with van der Waals surface area (Å²) in [5, 5.41) is 0. The number of nitrogens with two attached hydrogens (primary N) is 1. The van der Waals surface area contributed by atoms with E-state index in [1.54, 1.807) is 0 Å². The first-order valence-electron chi connectivity index (χ1n) is 3.86. The molecule has 72 valence electrons. The van der Waals surface area contributed by atoms with Crippen LogP contribution in [-0.4, -0.2) is 25.8 Å². The maximum atomic E-state index is 11.3. The second-order valence-corrected chi connectivity index (χ2v) is 2.69. The summed E-state index contributed by atoms with van der Waals surface area (Å²) in [4.78, 5) is 31.6. The Labute approximate surface area is 77.6 Å². The Balaban J connectivity index is 2.78. The molecular weight excluding hydrogens is 186 g/mol. The van der Waals surface area contributed by atoms with Crippen LogP contribution in [0.2, 0.25) is 0 Å². The highest BCUT2D eigenvalue weighted by Gasteiger charge is 2.07. The number of anilines is 1. The van der Waals surface area contributed by atoms with E-state index in [-0.39, 0.29) is 18.0 Å². The van der Waals surface area contributed by atoms with Gasteiger partial charge in [0.15, 0.2) is 11.2 Å². The van der Waals surface area contributed by atoms with E-state index < -0.39 is 5.56 Å². The maximum Gasteiger partial charge on any atom is 0.280 e. The number of carbonyl (C=O) groups is 1. The number of hydrogen-bond acceptors (Lipinski definition) is 5. The van der Waals surface area contributed by atoms with Crippen LogP contribution in [0.15, 0.2) is 11.1 Å². The predicted octanol–water partition coefficient (Wildman–Crippen LogP) is -1.10. The third-order valence-corrected chi connectivity index (χ3v) is 1.76. The van der Waals surface area contributed by atoms with Gasteiger partial charge in [0.1, 0.15) is 6.29 Å². The second kappa shape index (κ2) is 2.95. The largest absolute Gasteiger partial charge is 0.369 e. The summed E-state index contributed by atoms with van der Waals surface area (Å²) in [7, 11) is 0. The number of H-pyrrole nitrogens is 1. The first kappa shape index (κ1) is 8.42. The van der Waals surface area contributed by atoms with Gasteiger partial charge in [-0.1, -0.05) is 0 Å². The zero-order valence-corrected chi connectivity index (χ0v) is 7.10. The lowest BCUT2D eigenvalue weighted by atomic mass is 10.5. The van der Waals surface area contributed by atoms with Crippen molar-refractivity contribution >= 4 is 23.4 Å². The van der Waals surface area contributed by atoms with E-state index in [9.17, 15) is 9.59 Å². The molecule has 0 amide bonds. The fourth-order valence-corrected chi connectivity index (χ4v) is 1.18. The van der Waals surface area contributed by atoms with Gasteiger partial charge in [-0.3, -0.25) is 9.78 Å². The van der Waals surface area contributed by atoms with Gasteiger partial charge < -0.3 is 15.1 Å². The number of nitrogens with one attached hydrogen (secondary N) is 1. The highest BCUT2D eigenvalue weighted by Crippen LogP contribution is 2.04. The van der Waals surface area contributed by atoms with Crippen LogP contribution in [0.5, 0.6) is 0 Å². The van der Waals surface area contributed by atoms with Crippen molar-refractivity contribution in [2.45, 2.75) is 6.54 Å². The molecule has 0 aromatic carbocycles. The van der Waals surface area contributed by atoms with E-state index in [4.69, 9.17) is 5.73 Å². The number of aldehydes is 1. The molecule has 0 spiro atoms. The van der Waals surface area contributed by atoms with Crippen LogP contribution in [-0.2, 0) is 11.3 Å². The molecule has 0 atom stereocenters. The van der Waals surface area contributed by atoms with Crippen molar-refractivity contribution in [1.29, 1.82) is 0 Å². The van der Waals surface area contributed by atoms with Crippen LogP contribution in [0.25, 0.3) is 11.2 Å². The molecule has 0 saturated heterocycles. The molecule has 14 heavy (non-hydrogen) atoms. The molecule has 0 aliphatic carbocycles. The number of nitrogens with zero attached hydrogens (tertiary/aromatic N) is 3. The Morgan fingerprint density at radius 3 is 3.14 bits per heavy atom. The average molecular weight is 193 g/mol. The first-order valence-corrected chi connectivity index (χ1v) is 3.86. The molecule has 3 N–H and O–H groups in total. The van der Waals surface area contributed by atoms with Gasteiger partial charge in [0.2, 0.25) is 5.95 Å². The van der Waals surface area contributed by atoms with Crippen molar-refractivity contribution in [1.82, 2.24) is 19.5 Å². The van der Waals surface area contributed by atoms with Gasteiger partial charge in [0, 0.05) is 0 Å². The van der Waals surface area contributed by atoms with Crippen molar-refractivity contribution in [2.24, 2.45) is 0 Å². The van der Waals surface area contributed by atoms with Gasteiger partial charge in [0.05, 0.1) is 12.9 Å². The summed E-state index contributed by atoms with van der Waals surface area (Å²) >= 11 is 0. The van der Waals surface area contributed by atoms with Crippen LogP contribution < -0.4 is 11.3 Å². The predicted molar refractivity (Wildman–Crippen MR) is 48.6 cm³/mol. The number of imidazole rings is 1. The van der Waals surface area contributed by atoms with Crippen molar-refractivity contribution in [3.8, 4) is 0 Å². The number of nitrogen functional groups attached to an aromatic ring is 1. The number of fused-ring (bicyclic) bond motifs is 1. The Kier molecular flexibility index (Phi) is 1.77. The van der Waals surface area contributed by atoms with Crippen molar-refractivity contribution in [3.63, 3.8) is 0 Å². The monoisotopic (exact) mass is 193 g/mol. The van der Waals surface area contributed by atoms with Crippen LogP contribution in [0.4, 0.5) is 5.95 Å². The van der Waals surface area contributed by atoms with E-state index in [1.807, 2.05) is 0 Å². The Morgan fingerprint density at radius 2 is 2.43 bits per heavy atom. The summed E-state index contributed by atoms with van der Waals surface area (Å²) in [6, 6.07) is 0. The minimum atomic E-state index is -0.405. The zero-order valence-electron chi connectivity index (χ0n) is 7.10. The minimum absolute atomic E-state index is 0.00940. The average Bonchev–Trinajstić information content (AvgIpc) is 2.49. The fourth-order valence-electron chi connectivity index (χ4n) is 1.18. The highest BCUT2D eigenvalue weighted by molar-refractivity contribution is 5.71. The third-order valence-electron chi connectivity index (χ3n) is 1.76. The molecule has 0 bridgehead atoms. The molecule has 0 fully saturated rings. The Hall–Kier alpha value is -2.18. The molecule has 7 nitrogen and oxygen atoms in total. The summed E-state index contributed by atoms with van der Waals surface area (Å²) in [6.07, 6.45) is 2.07. The molecule has 2 rings (SSSR count). The SMILES string of the molecule is Nc1nc2c(ncn2CC=O)c(=O)[nH]1. The van der Waals surface area contributed by atoms with E-state index in [1.165, 1.54) is 10.9 Å². The van der Waals surface area contributed by atoms with Crippen molar-refractivity contribution in [3.05, 3.63) is 16.7 Å². The molecule has 2 heterocycles. The quantitative estimate of drug-likeness (QED) is 0.589. The molecule has 7 heteroatoms. The molecular formula is C7H7N5O2. The van der Waals surface area contributed by atoms with Gasteiger partial charge in [-0.15, -0.1) is 0 Å². The molecule has 0 radical (unpaired) electrons. The summed E-state index contributed by atoms with van der Waals surface area (Å²) in [5.74, 6) is 0.00940. The van der Waals surface area contributed by atoms with Gasteiger partial charge in [-0.25, -0.2) is 4.98 Å². The highest BCUT2D eigenvalue weighted by atomic mass is 16.1.